The number of carbonyl (C=O) groups excluding carboxylic acids is 1. The fourth-order valence-electron chi connectivity index (χ4n) is 2.74. The van der Waals surface area contributed by atoms with Gasteiger partial charge in [0.15, 0.2) is 0 Å². The molecule has 6 heteroatoms. The van der Waals surface area contributed by atoms with Crippen molar-refractivity contribution >= 4 is 5.91 Å². The summed E-state index contributed by atoms with van der Waals surface area (Å²) < 4.78 is 15.5. The number of aliphatic hydroxyl groups is 1. The molecule has 0 aliphatic heterocycles. The maximum absolute atomic E-state index is 14.0. The van der Waals surface area contributed by atoms with Crippen molar-refractivity contribution in [2.45, 2.75) is 34.1 Å². The van der Waals surface area contributed by atoms with Crippen LogP contribution in [0.2, 0.25) is 0 Å². The lowest BCUT2D eigenvalue weighted by atomic mass is 9.95. The summed E-state index contributed by atoms with van der Waals surface area (Å²) in [5.41, 5.74) is 1.29. The number of carbonyl (C=O) groups is 1. The average Bonchev–Trinajstić information content (AvgIpc) is 2.91. The van der Waals surface area contributed by atoms with E-state index in [1.54, 1.807) is 30.0 Å². The van der Waals surface area contributed by atoms with Crippen LogP contribution in [0.1, 0.15) is 43.2 Å². The molecule has 5 nitrogen and oxygen atoms in total. The summed E-state index contributed by atoms with van der Waals surface area (Å²) in [7, 11) is 0. The topological polar surface area (TPSA) is 58.4 Å². The summed E-state index contributed by atoms with van der Waals surface area (Å²) in [5, 5.41) is 13.3. The van der Waals surface area contributed by atoms with Gasteiger partial charge >= 0.3 is 0 Å². The zero-order valence-electron chi connectivity index (χ0n) is 15.3. The molecule has 0 atom stereocenters. The first-order valence-corrected chi connectivity index (χ1v) is 8.44. The number of rotatable bonds is 6. The predicted molar refractivity (Wildman–Crippen MR) is 95.3 cm³/mol. The number of para-hydroxylation sites is 1. The third kappa shape index (κ3) is 4.66. The second-order valence-electron chi connectivity index (χ2n) is 7.37. The molecule has 0 aliphatic rings. The van der Waals surface area contributed by atoms with Crippen molar-refractivity contribution in [3.8, 4) is 5.69 Å². The summed E-state index contributed by atoms with van der Waals surface area (Å²) in [4.78, 5) is 14.7. The van der Waals surface area contributed by atoms with Gasteiger partial charge in [-0.1, -0.05) is 32.9 Å². The summed E-state index contributed by atoms with van der Waals surface area (Å²) in [6, 6.07) is 6.34. The Morgan fingerprint density at radius 1 is 1.32 bits per heavy atom. The maximum Gasteiger partial charge on any atom is 0.257 e. The number of nitrogens with zero attached hydrogens (tertiary/aromatic N) is 3. The lowest BCUT2D eigenvalue weighted by Crippen LogP contribution is -2.39. The van der Waals surface area contributed by atoms with Crippen LogP contribution in [0.4, 0.5) is 4.39 Å². The molecule has 0 saturated heterocycles. The average molecular weight is 347 g/mol. The molecule has 0 spiro atoms. The molecule has 0 radical (unpaired) electrons. The Balaban J connectivity index is 2.33. The first-order valence-electron chi connectivity index (χ1n) is 8.44. The third-order valence-corrected chi connectivity index (χ3v) is 3.86. The summed E-state index contributed by atoms with van der Waals surface area (Å²) in [6.07, 6.45) is 2.00. The quantitative estimate of drug-likeness (QED) is 0.873. The van der Waals surface area contributed by atoms with E-state index >= 15 is 0 Å². The Hall–Kier alpha value is -2.21. The van der Waals surface area contributed by atoms with Crippen LogP contribution in [-0.2, 0) is 0 Å². The fraction of sp³-hybridized carbons (Fsp3) is 0.474. The maximum atomic E-state index is 14.0. The van der Waals surface area contributed by atoms with Crippen molar-refractivity contribution in [2.75, 3.05) is 19.7 Å². The second-order valence-corrected chi connectivity index (χ2v) is 7.37. The lowest BCUT2D eigenvalue weighted by molar-refractivity contribution is 0.0681. The smallest absolute Gasteiger partial charge is 0.257 e. The molecular formula is C19H26FN3O2. The van der Waals surface area contributed by atoms with Gasteiger partial charge in [-0.25, -0.2) is 9.07 Å². The van der Waals surface area contributed by atoms with Crippen LogP contribution in [0, 0.1) is 18.2 Å². The zero-order valence-corrected chi connectivity index (χ0v) is 15.3. The Kier molecular flexibility index (Phi) is 5.95. The highest BCUT2D eigenvalue weighted by atomic mass is 19.1. The molecule has 1 aromatic carbocycles. The largest absolute Gasteiger partial charge is 0.396 e. The second kappa shape index (κ2) is 7.78. The number of amides is 1. The van der Waals surface area contributed by atoms with Gasteiger partial charge in [0, 0.05) is 19.7 Å². The van der Waals surface area contributed by atoms with Gasteiger partial charge in [-0.3, -0.25) is 4.79 Å². The highest BCUT2D eigenvalue weighted by molar-refractivity contribution is 5.95. The molecule has 25 heavy (non-hydrogen) atoms. The van der Waals surface area contributed by atoms with Crippen molar-refractivity contribution in [1.29, 1.82) is 0 Å². The SMILES string of the molecule is Cc1c(C(=O)N(CCCO)CC(C)(C)C)cnn1-c1ccccc1F. The standard InChI is InChI=1S/C19H26FN3O2/c1-14-15(12-21-23(14)17-9-6-5-8-16(17)20)18(25)22(10-7-11-24)13-19(2,3)4/h5-6,8-9,12,24H,7,10-11,13H2,1-4H3. The predicted octanol–water partition coefficient (Wildman–Crippen LogP) is 3.19. The molecule has 0 saturated carbocycles. The Morgan fingerprint density at radius 2 is 2.00 bits per heavy atom. The van der Waals surface area contributed by atoms with Crippen LogP contribution in [0.3, 0.4) is 0 Å². The van der Waals surface area contributed by atoms with Crippen LogP contribution in [0.5, 0.6) is 0 Å². The summed E-state index contributed by atoms with van der Waals surface area (Å²) >= 11 is 0. The van der Waals surface area contributed by atoms with E-state index < -0.39 is 0 Å². The lowest BCUT2D eigenvalue weighted by Gasteiger charge is -2.30. The van der Waals surface area contributed by atoms with E-state index in [2.05, 4.69) is 25.9 Å². The van der Waals surface area contributed by atoms with Crippen molar-refractivity contribution < 1.29 is 14.3 Å². The molecule has 1 heterocycles. The van der Waals surface area contributed by atoms with E-state index in [4.69, 9.17) is 5.11 Å². The molecular weight excluding hydrogens is 321 g/mol. The van der Waals surface area contributed by atoms with Crippen molar-refractivity contribution in [1.82, 2.24) is 14.7 Å². The molecule has 1 amide bonds. The van der Waals surface area contributed by atoms with Crippen LogP contribution < -0.4 is 0 Å². The van der Waals surface area contributed by atoms with Crippen LogP contribution in [0.25, 0.3) is 5.69 Å². The molecule has 0 unspecified atom stereocenters. The van der Waals surface area contributed by atoms with Crippen molar-refractivity contribution in [3.63, 3.8) is 0 Å². The summed E-state index contributed by atoms with van der Waals surface area (Å²) in [5.74, 6) is -0.539. The monoisotopic (exact) mass is 347 g/mol. The number of halogens is 1. The minimum Gasteiger partial charge on any atom is -0.396 e. The number of hydrogen-bond acceptors (Lipinski definition) is 3. The van der Waals surface area contributed by atoms with Gasteiger partial charge in [0.2, 0.25) is 0 Å². The van der Waals surface area contributed by atoms with Gasteiger partial charge in [-0.05, 0) is 30.9 Å². The fourth-order valence-corrected chi connectivity index (χ4v) is 2.74. The highest BCUT2D eigenvalue weighted by Crippen LogP contribution is 2.21. The molecule has 1 N–H and O–H groups in total. The first-order chi connectivity index (χ1) is 11.7. The van der Waals surface area contributed by atoms with E-state index in [0.29, 0.717) is 36.5 Å². The minimum atomic E-state index is -0.389. The van der Waals surface area contributed by atoms with Crippen molar-refractivity contribution in [2.24, 2.45) is 5.41 Å². The number of hydrogen-bond donors (Lipinski definition) is 1. The van der Waals surface area contributed by atoms with E-state index in [1.165, 1.54) is 16.9 Å². The van der Waals surface area contributed by atoms with E-state index in [0.717, 1.165) is 0 Å². The minimum absolute atomic E-state index is 0.0292. The van der Waals surface area contributed by atoms with E-state index in [-0.39, 0.29) is 23.7 Å². The van der Waals surface area contributed by atoms with Crippen LogP contribution in [-0.4, -0.2) is 45.4 Å². The molecule has 2 aromatic rings. The van der Waals surface area contributed by atoms with E-state index in [9.17, 15) is 9.18 Å². The number of aliphatic hydroxyl groups excluding tert-OH is 1. The van der Waals surface area contributed by atoms with E-state index in [1.807, 2.05) is 0 Å². The van der Waals surface area contributed by atoms with Crippen LogP contribution >= 0.6 is 0 Å². The Labute approximate surface area is 148 Å². The van der Waals surface area contributed by atoms with Gasteiger partial charge in [0.05, 0.1) is 17.5 Å². The van der Waals surface area contributed by atoms with Gasteiger partial charge in [-0.15, -0.1) is 0 Å². The highest BCUT2D eigenvalue weighted by Gasteiger charge is 2.25. The first kappa shape index (κ1) is 19.1. The van der Waals surface area contributed by atoms with Crippen molar-refractivity contribution in [3.05, 3.63) is 47.5 Å². The molecule has 0 bridgehead atoms. The molecule has 0 aliphatic carbocycles. The molecule has 136 valence electrons. The summed E-state index contributed by atoms with van der Waals surface area (Å²) in [6.45, 7) is 8.99. The molecule has 0 fully saturated rings. The number of aromatic nitrogens is 2. The van der Waals surface area contributed by atoms with Gasteiger partial charge in [-0.2, -0.15) is 5.10 Å². The number of benzene rings is 1. The van der Waals surface area contributed by atoms with Gasteiger partial charge < -0.3 is 10.0 Å². The van der Waals surface area contributed by atoms with Crippen LogP contribution in [0.15, 0.2) is 30.5 Å². The Bertz CT molecular complexity index is 735. The Morgan fingerprint density at radius 3 is 2.60 bits per heavy atom. The third-order valence-electron chi connectivity index (χ3n) is 3.86. The normalized spacial score (nSPS) is 11.6. The van der Waals surface area contributed by atoms with Gasteiger partial charge in [0.1, 0.15) is 11.5 Å². The van der Waals surface area contributed by atoms with Gasteiger partial charge in [0.25, 0.3) is 5.91 Å². The molecule has 1 aromatic heterocycles. The molecule has 2 rings (SSSR count). The zero-order chi connectivity index (χ0) is 18.6.